The summed E-state index contributed by atoms with van der Waals surface area (Å²) in [6.07, 6.45) is 1.20. The molecule has 1 aromatic heterocycles. The van der Waals surface area contributed by atoms with E-state index in [1.165, 1.54) is 9.35 Å². The Balaban J connectivity index is 2.84. The number of methoxy groups -OCH3 is 1. The number of hydrogen-bond acceptors (Lipinski definition) is 3. The molecule has 1 N–H and O–H groups in total. The molecule has 4 heteroatoms. The normalized spacial score (nSPS) is 15.7. The number of hydrogen-bond donors (Lipinski definition) is 1. The zero-order valence-electron chi connectivity index (χ0n) is 11.9. The molecule has 1 rings (SSSR count). The molecule has 0 aliphatic heterocycles. The average Bonchev–Trinajstić information content (AvgIpc) is 2.63. The highest BCUT2D eigenvalue weighted by atomic mass is 79.9. The van der Waals surface area contributed by atoms with Gasteiger partial charge in [-0.15, -0.1) is 11.3 Å². The first-order chi connectivity index (χ1) is 8.40. The monoisotopic (exact) mass is 333 g/mol. The van der Waals surface area contributed by atoms with Gasteiger partial charge in [-0.05, 0) is 39.3 Å². The lowest BCUT2D eigenvalue weighted by Crippen LogP contribution is -2.48. The molecule has 2 unspecified atom stereocenters. The van der Waals surface area contributed by atoms with E-state index < -0.39 is 0 Å². The Morgan fingerprint density at radius 2 is 2.11 bits per heavy atom. The first-order valence-corrected chi connectivity index (χ1v) is 8.05. The number of ether oxygens (including phenoxy) is 1. The highest BCUT2D eigenvalue weighted by Gasteiger charge is 2.32. The van der Waals surface area contributed by atoms with Crippen LogP contribution in [0.5, 0.6) is 0 Å². The molecule has 0 saturated carbocycles. The number of halogens is 1. The van der Waals surface area contributed by atoms with Crippen LogP contribution in [0.2, 0.25) is 0 Å². The summed E-state index contributed by atoms with van der Waals surface area (Å²) in [5.74, 6) is 0. The second-order valence-electron chi connectivity index (χ2n) is 5.58. The lowest BCUT2D eigenvalue weighted by atomic mass is 9.83. The minimum atomic E-state index is 0.130. The van der Waals surface area contributed by atoms with Gasteiger partial charge in [-0.25, -0.2) is 0 Å². The number of nitrogens with one attached hydrogen (secondary N) is 1. The Kier molecular flexibility index (Phi) is 6.31. The van der Waals surface area contributed by atoms with Crippen molar-refractivity contribution in [3.63, 3.8) is 0 Å². The second kappa shape index (κ2) is 7.04. The molecule has 0 bridgehead atoms. The average molecular weight is 334 g/mol. The van der Waals surface area contributed by atoms with Crippen molar-refractivity contribution in [3.8, 4) is 0 Å². The molecule has 0 fully saturated rings. The summed E-state index contributed by atoms with van der Waals surface area (Å²) < 4.78 is 6.95. The summed E-state index contributed by atoms with van der Waals surface area (Å²) in [5.41, 5.74) is 0.130. The van der Waals surface area contributed by atoms with Crippen LogP contribution in [0.15, 0.2) is 15.9 Å². The molecule has 2 atom stereocenters. The van der Waals surface area contributed by atoms with Crippen LogP contribution < -0.4 is 5.32 Å². The third-order valence-electron chi connectivity index (χ3n) is 3.04. The van der Waals surface area contributed by atoms with Gasteiger partial charge in [0.05, 0.1) is 6.10 Å². The molecular formula is C14H24BrNOS. The van der Waals surface area contributed by atoms with Crippen LogP contribution in [0.1, 0.15) is 32.6 Å². The fraction of sp³-hybridized carbons (Fsp3) is 0.714. The van der Waals surface area contributed by atoms with E-state index in [0.717, 1.165) is 13.0 Å². The zero-order chi connectivity index (χ0) is 13.8. The van der Waals surface area contributed by atoms with Crippen LogP contribution >= 0.6 is 27.3 Å². The topological polar surface area (TPSA) is 21.3 Å². The Labute approximate surface area is 123 Å². The third kappa shape index (κ3) is 4.34. The van der Waals surface area contributed by atoms with Gasteiger partial charge in [0.15, 0.2) is 0 Å². The van der Waals surface area contributed by atoms with Crippen molar-refractivity contribution in [2.45, 2.75) is 46.3 Å². The number of likely N-dealkylation sites (N-methyl/N-ethyl adjacent to an activating group) is 1. The lowest BCUT2D eigenvalue weighted by Gasteiger charge is -2.36. The molecule has 0 radical (unpaired) electrons. The molecule has 104 valence electrons. The molecule has 0 aliphatic rings. The van der Waals surface area contributed by atoms with Crippen LogP contribution in [-0.2, 0) is 11.2 Å². The molecule has 0 spiro atoms. The van der Waals surface area contributed by atoms with Crippen molar-refractivity contribution in [2.24, 2.45) is 5.41 Å². The maximum atomic E-state index is 5.74. The van der Waals surface area contributed by atoms with Crippen LogP contribution in [0.4, 0.5) is 0 Å². The smallest absolute Gasteiger partial charge is 0.0775 e. The quantitative estimate of drug-likeness (QED) is 0.846. The van der Waals surface area contributed by atoms with Gasteiger partial charge in [0.2, 0.25) is 0 Å². The largest absolute Gasteiger partial charge is 0.379 e. The van der Waals surface area contributed by atoms with Gasteiger partial charge >= 0.3 is 0 Å². The fourth-order valence-corrected chi connectivity index (χ4v) is 3.91. The minimum Gasteiger partial charge on any atom is -0.379 e. The second-order valence-corrected chi connectivity index (χ2v) is 7.44. The van der Waals surface area contributed by atoms with E-state index in [9.17, 15) is 0 Å². The van der Waals surface area contributed by atoms with Gasteiger partial charge in [0.25, 0.3) is 0 Å². The maximum Gasteiger partial charge on any atom is 0.0775 e. The number of thiophene rings is 1. The van der Waals surface area contributed by atoms with Gasteiger partial charge in [0.1, 0.15) is 0 Å². The molecule has 0 aliphatic carbocycles. The molecule has 0 saturated heterocycles. The molecule has 18 heavy (non-hydrogen) atoms. The first kappa shape index (κ1) is 16.2. The minimum absolute atomic E-state index is 0.130. The Morgan fingerprint density at radius 3 is 2.50 bits per heavy atom. The SMILES string of the molecule is CCNC(Cc1sccc1Br)C(OC)C(C)(C)C. The highest BCUT2D eigenvalue weighted by Crippen LogP contribution is 2.29. The summed E-state index contributed by atoms with van der Waals surface area (Å²) in [7, 11) is 1.81. The Morgan fingerprint density at radius 1 is 1.44 bits per heavy atom. The van der Waals surface area contributed by atoms with Crippen LogP contribution in [0, 0.1) is 5.41 Å². The molecular weight excluding hydrogens is 310 g/mol. The zero-order valence-corrected chi connectivity index (χ0v) is 14.3. The van der Waals surface area contributed by atoms with Crippen molar-refractivity contribution in [1.29, 1.82) is 0 Å². The standard InChI is InChI=1S/C14H24BrNOS/c1-6-16-11(13(17-5)14(2,3)4)9-12-10(15)7-8-18-12/h7-8,11,13,16H,6,9H2,1-5H3. The first-order valence-electron chi connectivity index (χ1n) is 6.38. The number of rotatable bonds is 6. The molecule has 2 nitrogen and oxygen atoms in total. The molecule has 1 aromatic rings. The van der Waals surface area contributed by atoms with Crippen LogP contribution in [0.3, 0.4) is 0 Å². The Hall–Kier alpha value is 0.1000. The lowest BCUT2D eigenvalue weighted by molar-refractivity contribution is -0.0104. The van der Waals surface area contributed by atoms with Gasteiger partial charge in [-0.2, -0.15) is 0 Å². The molecule has 1 heterocycles. The van der Waals surface area contributed by atoms with Crippen molar-refractivity contribution >= 4 is 27.3 Å². The van der Waals surface area contributed by atoms with E-state index in [1.807, 2.05) is 7.11 Å². The summed E-state index contributed by atoms with van der Waals surface area (Å²) in [4.78, 5) is 1.38. The van der Waals surface area contributed by atoms with Crippen molar-refractivity contribution in [3.05, 3.63) is 20.8 Å². The molecule has 0 aromatic carbocycles. The van der Waals surface area contributed by atoms with Gasteiger partial charge < -0.3 is 10.1 Å². The van der Waals surface area contributed by atoms with Crippen molar-refractivity contribution < 1.29 is 4.74 Å². The predicted molar refractivity (Wildman–Crippen MR) is 83.4 cm³/mol. The van der Waals surface area contributed by atoms with E-state index in [-0.39, 0.29) is 11.5 Å². The highest BCUT2D eigenvalue weighted by molar-refractivity contribution is 9.10. The van der Waals surface area contributed by atoms with Crippen molar-refractivity contribution in [2.75, 3.05) is 13.7 Å². The van der Waals surface area contributed by atoms with E-state index in [0.29, 0.717) is 6.04 Å². The van der Waals surface area contributed by atoms with Gasteiger partial charge in [-0.3, -0.25) is 0 Å². The summed E-state index contributed by atoms with van der Waals surface area (Å²) in [6.45, 7) is 9.80. The fourth-order valence-electron chi connectivity index (χ4n) is 2.34. The van der Waals surface area contributed by atoms with E-state index in [1.54, 1.807) is 11.3 Å². The summed E-state index contributed by atoms with van der Waals surface area (Å²) in [6, 6.07) is 2.46. The van der Waals surface area contributed by atoms with Crippen LogP contribution in [0.25, 0.3) is 0 Å². The maximum absolute atomic E-state index is 5.74. The predicted octanol–water partition coefficient (Wildman–Crippen LogP) is 4.09. The van der Waals surface area contributed by atoms with Gasteiger partial charge in [-0.1, -0.05) is 27.7 Å². The molecule has 0 amide bonds. The van der Waals surface area contributed by atoms with Crippen molar-refractivity contribution in [1.82, 2.24) is 5.32 Å². The van der Waals surface area contributed by atoms with E-state index in [2.05, 4.69) is 60.4 Å². The third-order valence-corrected chi connectivity index (χ3v) is 4.98. The van der Waals surface area contributed by atoms with Gasteiger partial charge in [0, 0.05) is 28.9 Å². The van der Waals surface area contributed by atoms with Crippen LogP contribution in [-0.4, -0.2) is 25.8 Å². The summed E-state index contributed by atoms with van der Waals surface area (Å²) >= 11 is 5.41. The summed E-state index contributed by atoms with van der Waals surface area (Å²) in [5, 5.41) is 5.69. The van der Waals surface area contributed by atoms with E-state index >= 15 is 0 Å². The Bertz CT molecular complexity index is 359. The van der Waals surface area contributed by atoms with E-state index in [4.69, 9.17) is 4.74 Å².